The Balaban J connectivity index is 3.53. The molecule has 2 N–H and O–H groups in total. The summed E-state index contributed by atoms with van der Waals surface area (Å²) >= 11 is 0. The summed E-state index contributed by atoms with van der Waals surface area (Å²) in [4.78, 5) is 0. The monoisotopic (exact) mass is 217 g/mol. The second-order valence-electron chi connectivity index (χ2n) is 3.77. The number of hydrogen-bond acceptors (Lipinski definition) is 3. The molecule has 0 saturated carbocycles. The van der Waals surface area contributed by atoms with Crippen LogP contribution in [-0.2, 0) is 9.47 Å². The molecular formula is C12H27NO2. The van der Waals surface area contributed by atoms with Crippen molar-refractivity contribution in [3.63, 3.8) is 0 Å². The van der Waals surface area contributed by atoms with Crippen LogP contribution < -0.4 is 5.73 Å². The Morgan fingerprint density at radius 2 is 1.47 bits per heavy atom. The Labute approximate surface area is 94.3 Å². The molecule has 0 aromatic carbocycles. The summed E-state index contributed by atoms with van der Waals surface area (Å²) in [6.45, 7) is 8.24. The van der Waals surface area contributed by atoms with Crippen LogP contribution in [0.4, 0.5) is 0 Å². The lowest BCUT2D eigenvalue weighted by Crippen LogP contribution is -2.11. The summed E-state index contributed by atoms with van der Waals surface area (Å²) in [7, 11) is 0. The molecule has 0 atom stereocenters. The molecule has 0 fully saturated rings. The van der Waals surface area contributed by atoms with E-state index in [4.69, 9.17) is 15.2 Å². The number of ether oxygens (including phenoxy) is 2. The van der Waals surface area contributed by atoms with Crippen molar-refractivity contribution in [3.05, 3.63) is 0 Å². The molecule has 0 bridgehead atoms. The molecule has 0 spiro atoms. The zero-order valence-electron chi connectivity index (χ0n) is 10.3. The Morgan fingerprint density at radius 1 is 0.933 bits per heavy atom. The molecule has 0 rings (SSSR count). The average Bonchev–Trinajstić information content (AvgIpc) is 2.25. The van der Waals surface area contributed by atoms with Gasteiger partial charge in [-0.1, -0.05) is 0 Å². The quantitative estimate of drug-likeness (QED) is 0.540. The van der Waals surface area contributed by atoms with E-state index in [-0.39, 0.29) is 0 Å². The maximum absolute atomic E-state index is 5.52. The fraction of sp³-hybridized carbons (Fsp3) is 1.00. The molecule has 15 heavy (non-hydrogen) atoms. The lowest BCUT2D eigenvalue weighted by Gasteiger charge is -2.16. The topological polar surface area (TPSA) is 44.5 Å². The summed E-state index contributed by atoms with van der Waals surface area (Å²) in [5.41, 5.74) is 5.52. The minimum Gasteiger partial charge on any atom is -0.382 e. The van der Waals surface area contributed by atoms with Crippen molar-refractivity contribution in [2.45, 2.75) is 39.5 Å². The first kappa shape index (κ1) is 14.9. The zero-order chi connectivity index (χ0) is 11.4. The van der Waals surface area contributed by atoms with Crippen molar-refractivity contribution in [2.24, 2.45) is 11.7 Å². The summed E-state index contributed by atoms with van der Waals surface area (Å²) in [6, 6.07) is 0. The summed E-state index contributed by atoms with van der Waals surface area (Å²) < 4.78 is 10.8. The third kappa shape index (κ3) is 10.2. The first-order valence-corrected chi connectivity index (χ1v) is 6.20. The molecule has 0 aliphatic carbocycles. The number of hydrogen-bond donors (Lipinski definition) is 1. The number of nitrogens with two attached hydrogens (primary N) is 1. The van der Waals surface area contributed by atoms with Crippen LogP contribution in [0.25, 0.3) is 0 Å². The minimum atomic E-state index is 0.714. The molecule has 0 saturated heterocycles. The van der Waals surface area contributed by atoms with Gasteiger partial charge in [-0.2, -0.15) is 0 Å². The van der Waals surface area contributed by atoms with Crippen LogP contribution in [0.15, 0.2) is 0 Å². The van der Waals surface area contributed by atoms with E-state index in [9.17, 15) is 0 Å². The van der Waals surface area contributed by atoms with Gasteiger partial charge in [0, 0.05) is 26.4 Å². The van der Waals surface area contributed by atoms with Gasteiger partial charge in [0.15, 0.2) is 0 Å². The highest BCUT2D eigenvalue weighted by atomic mass is 16.5. The van der Waals surface area contributed by atoms with Crippen molar-refractivity contribution in [2.75, 3.05) is 33.0 Å². The standard InChI is InChI=1S/C12H27NO2/c1-3-14-10-7-12(6-5-9-13)8-11-15-4-2/h12H,3-11,13H2,1-2H3. The third-order valence-corrected chi connectivity index (χ3v) is 2.57. The van der Waals surface area contributed by atoms with E-state index in [2.05, 4.69) is 0 Å². The van der Waals surface area contributed by atoms with Crippen LogP contribution in [0.3, 0.4) is 0 Å². The molecule has 3 heteroatoms. The Kier molecular flexibility index (Phi) is 11.9. The van der Waals surface area contributed by atoms with Crippen LogP contribution >= 0.6 is 0 Å². The highest BCUT2D eigenvalue weighted by molar-refractivity contribution is 4.60. The molecule has 0 radical (unpaired) electrons. The third-order valence-electron chi connectivity index (χ3n) is 2.57. The molecule has 3 nitrogen and oxygen atoms in total. The second kappa shape index (κ2) is 12.0. The van der Waals surface area contributed by atoms with Crippen LogP contribution in [0.5, 0.6) is 0 Å². The maximum Gasteiger partial charge on any atom is 0.0468 e. The molecule has 0 aromatic rings. The minimum absolute atomic E-state index is 0.714. The SMILES string of the molecule is CCOCCC(CCCN)CCOCC. The molecule has 92 valence electrons. The molecule has 0 aliphatic rings. The van der Waals surface area contributed by atoms with E-state index in [0.717, 1.165) is 52.2 Å². The van der Waals surface area contributed by atoms with E-state index >= 15 is 0 Å². The predicted octanol–water partition coefficient (Wildman–Crippen LogP) is 2.19. The van der Waals surface area contributed by atoms with Gasteiger partial charge in [0.25, 0.3) is 0 Å². The van der Waals surface area contributed by atoms with Crippen molar-refractivity contribution in [1.82, 2.24) is 0 Å². The van der Waals surface area contributed by atoms with Crippen molar-refractivity contribution in [1.29, 1.82) is 0 Å². The van der Waals surface area contributed by atoms with E-state index in [1.807, 2.05) is 13.8 Å². The molecule has 0 amide bonds. The van der Waals surface area contributed by atoms with Crippen LogP contribution in [0.2, 0.25) is 0 Å². The van der Waals surface area contributed by atoms with Crippen LogP contribution in [0.1, 0.15) is 39.5 Å². The highest BCUT2D eigenvalue weighted by Gasteiger charge is 2.07. The fourth-order valence-corrected chi connectivity index (χ4v) is 1.63. The van der Waals surface area contributed by atoms with Crippen LogP contribution in [0, 0.1) is 5.92 Å². The number of rotatable bonds is 11. The maximum atomic E-state index is 5.52. The second-order valence-corrected chi connectivity index (χ2v) is 3.77. The van der Waals surface area contributed by atoms with Crippen LogP contribution in [-0.4, -0.2) is 33.0 Å². The zero-order valence-corrected chi connectivity index (χ0v) is 10.3. The van der Waals surface area contributed by atoms with Crippen molar-refractivity contribution in [3.8, 4) is 0 Å². The van der Waals surface area contributed by atoms with Gasteiger partial charge in [-0.15, -0.1) is 0 Å². The van der Waals surface area contributed by atoms with Gasteiger partial charge < -0.3 is 15.2 Å². The summed E-state index contributed by atoms with van der Waals surface area (Å²) in [5, 5.41) is 0. The van der Waals surface area contributed by atoms with E-state index in [1.54, 1.807) is 0 Å². The van der Waals surface area contributed by atoms with E-state index < -0.39 is 0 Å². The van der Waals surface area contributed by atoms with Gasteiger partial charge in [0.2, 0.25) is 0 Å². The van der Waals surface area contributed by atoms with E-state index in [0.29, 0.717) is 5.92 Å². The van der Waals surface area contributed by atoms with Crippen molar-refractivity contribution >= 4 is 0 Å². The highest BCUT2D eigenvalue weighted by Crippen LogP contribution is 2.15. The lowest BCUT2D eigenvalue weighted by molar-refractivity contribution is 0.104. The first-order chi connectivity index (χ1) is 7.35. The Morgan fingerprint density at radius 3 is 1.87 bits per heavy atom. The molecule has 0 unspecified atom stereocenters. The van der Waals surface area contributed by atoms with Gasteiger partial charge in [0.05, 0.1) is 0 Å². The van der Waals surface area contributed by atoms with Crippen molar-refractivity contribution < 1.29 is 9.47 Å². The van der Waals surface area contributed by atoms with E-state index in [1.165, 1.54) is 6.42 Å². The molecular weight excluding hydrogens is 190 g/mol. The molecule has 0 aliphatic heterocycles. The summed E-state index contributed by atoms with van der Waals surface area (Å²) in [5.74, 6) is 0.714. The molecule has 0 heterocycles. The van der Waals surface area contributed by atoms with Gasteiger partial charge in [-0.05, 0) is 52.0 Å². The fourth-order valence-electron chi connectivity index (χ4n) is 1.63. The normalized spacial score (nSPS) is 11.2. The largest absolute Gasteiger partial charge is 0.382 e. The van der Waals surface area contributed by atoms with Gasteiger partial charge >= 0.3 is 0 Å². The molecule has 0 aromatic heterocycles. The smallest absolute Gasteiger partial charge is 0.0468 e. The average molecular weight is 217 g/mol. The van der Waals surface area contributed by atoms with Gasteiger partial charge in [0.1, 0.15) is 0 Å². The predicted molar refractivity (Wildman–Crippen MR) is 64.0 cm³/mol. The lowest BCUT2D eigenvalue weighted by atomic mass is 9.96. The Hall–Kier alpha value is -0.120. The van der Waals surface area contributed by atoms with Gasteiger partial charge in [-0.25, -0.2) is 0 Å². The van der Waals surface area contributed by atoms with Gasteiger partial charge in [-0.3, -0.25) is 0 Å². The summed E-state index contributed by atoms with van der Waals surface area (Å²) in [6.07, 6.45) is 4.60. The Bertz CT molecular complexity index is 110. The first-order valence-electron chi connectivity index (χ1n) is 6.20.